The molecule has 0 bridgehead atoms. The highest BCUT2D eigenvalue weighted by Gasteiger charge is 2.38. The van der Waals surface area contributed by atoms with Gasteiger partial charge in [-0.3, -0.25) is 4.79 Å². The van der Waals surface area contributed by atoms with Gasteiger partial charge in [0.05, 0.1) is 6.54 Å². The summed E-state index contributed by atoms with van der Waals surface area (Å²) in [7, 11) is -3.57. The zero-order valence-corrected chi connectivity index (χ0v) is 16.7. The third-order valence-corrected chi connectivity index (χ3v) is 7.69. The molecule has 26 heavy (non-hydrogen) atoms. The van der Waals surface area contributed by atoms with Crippen LogP contribution in [0.2, 0.25) is 0 Å². The first-order chi connectivity index (χ1) is 11.9. The van der Waals surface area contributed by atoms with E-state index < -0.39 is 10.0 Å². The van der Waals surface area contributed by atoms with Crippen LogP contribution < -0.4 is 11.1 Å². The van der Waals surface area contributed by atoms with Gasteiger partial charge in [-0.05, 0) is 17.7 Å². The molecule has 1 saturated heterocycles. The monoisotopic (exact) mass is 415 g/mol. The summed E-state index contributed by atoms with van der Waals surface area (Å²) in [5.74, 6) is -0.149. The lowest BCUT2D eigenvalue weighted by atomic mass is 9.95. The number of thiophene rings is 1. The van der Waals surface area contributed by atoms with E-state index in [4.69, 9.17) is 5.73 Å². The number of nitrogens with zero attached hydrogens (tertiary/aromatic N) is 1. The Morgan fingerprint density at radius 3 is 2.58 bits per heavy atom. The zero-order chi connectivity index (χ0) is 18.0. The Hall–Kier alpha value is -1.45. The second kappa shape index (κ2) is 8.49. The van der Waals surface area contributed by atoms with E-state index in [0.717, 1.165) is 10.4 Å². The van der Waals surface area contributed by atoms with Crippen molar-refractivity contribution in [2.24, 2.45) is 5.73 Å². The van der Waals surface area contributed by atoms with Gasteiger partial charge in [-0.25, -0.2) is 8.42 Å². The highest BCUT2D eigenvalue weighted by molar-refractivity contribution is 7.91. The highest BCUT2D eigenvalue weighted by atomic mass is 35.5. The van der Waals surface area contributed by atoms with E-state index in [1.807, 2.05) is 30.3 Å². The number of hydrogen-bond acceptors (Lipinski definition) is 5. The van der Waals surface area contributed by atoms with Crippen molar-refractivity contribution >= 4 is 39.7 Å². The fourth-order valence-electron chi connectivity index (χ4n) is 2.97. The van der Waals surface area contributed by atoms with Crippen LogP contribution in [-0.2, 0) is 21.4 Å². The van der Waals surface area contributed by atoms with Gasteiger partial charge < -0.3 is 11.1 Å². The second-order valence-corrected chi connectivity index (χ2v) is 9.47. The average Bonchev–Trinajstić information content (AvgIpc) is 3.21. The van der Waals surface area contributed by atoms with E-state index in [0.29, 0.717) is 19.6 Å². The van der Waals surface area contributed by atoms with E-state index >= 15 is 0 Å². The van der Waals surface area contributed by atoms with Gasteiger partial charge in [0.1, 0.15) is 4.21 Å². The molecule has 1 fully saturated rings. The molecule has 1 aliphatic heterocycles. The van der Waals surface area contributed by atoms with Crippen LogP contribution in [0.1, 0.15) is 23.3 Å². The SMILES string of the molecule is CC(=O)NCc1ccc(S(=O)(=O)N2C[C@@H](N)[C@H](c3ccccc3)C2)s1.Cl. The van der Waals surface area contributed by atoms with Gasteiger partial charge in [-0.2, -0.15) is 4.31 Å². The normalized spacial score (nSPS) is 20.5. The van der Waals surface area contributed by atoms with Crippen LogP contribution in [0.15, 0.2) is 46.7 Å². The minimum atomic E-state index is -3.57. The average molecular weight is 416 g/mol. The Morgan fingerprint density at radius 1 is 1.23 bits per heavy atom. The molecule has 2 aromatic rings. The maximum Gasteiger partial charge on any atom is 0.252 e. The molecule has 9 heteroatoms. The third kappa shape index (κ3) is 4.44. The molecule has 142 valence electrons. The Balaban J connectivity index is 0.00000243. The van der Waals surface area contributed by atoms with Crippen molar-refractivity contribution < 1.29 is 13.2 Å². The van der Waals surface area contributed by atoms with E-state index in [2.05, 4.69) is 5.32 Å². The first-order valence-electron chi connectivity index (χ1n) is 8.02. The number of nitrogens with one attached hydrogen (secondary N) is 1. The number of sulfonamides is 1. The van der Waals surface area contributed by atoms with Gasteiger partial charge in [0.25, 0.3) is 10.0 Å². The Labute approximate surface area is 163 Å². The van der Waals surface area contributed by atoms with E-state index in [9.17, 15) is 13.2 Å². The van der Waals surface area contributed by atoms with Crippen LogP contribution in [-0.4, -0.2) is 37.8 Å². The molecule has 0 unspecified atom stereocenters. The van der Waals surface area contributed by atoms with Gasteiger partial charge in [0, 0.05) is 36.9 Å². The lowest BCUT2D eigenvalue weighted by Crippen LogP contribution is -2.31. The maximum atomic E-state index is 12.9. The molecule has 6 nitrogen and oxygen atoms in total. The van der Waals surface area contributed by atoms with Crippen molar-refractivity contribution in [1.29, 1.82) is 0 Å². The van der Waals surface area contributed by atoms with Crippen molar-refractivity contribution in [3.05, 3.63) is 52.9 Å². The molecule has 0 radical (unpaired) electrons. The molecule has 0 aliphatic carbocycles. The summed E-state index contributed by atoms with van der Waals surface area (Å²) < 4.78 is 27.6. The molecule has 2 heterocycles. The predicted molar refractivity (Wildman–Crippen MR) is 105 cm³/mol. The molecule has 0 spiro atoms. The number of hydrogen-bond donors (Lipinski definition) is 2. The van der Waals surface area contributed by atoms with Gasteiger partial charge in [0.2, 0.25) is 5.91 Å². The molecule has 3 rings (SSSR count). The Morgan fingerprint density at radius 2 is 1.92 bits per heavy atom. The zero-order valence-electron chi connectivity index (χ0n) is 14.3. The topological polar surface area (TPSA) is 92.5 Å². The first kappa shape index (κ1) is 20.9. The number of carbonyl (C=O) groups is 1. The Bertz CT molecular complexity index is 855. The number of rotatable bonds is 5. The summed E-state index contributed by atoms with van der Waals surface area (Å²) in [6, 6.07) is 12.9. The first-order valence-corrected chi connectivity index (χ1v) is 10.3. The number of halogens is 1. The van der Waals surface area contributed by atoms with Crippen LogP contribution >= 0.6 is 23.7 Å². The summed E-state index contributed by atoms with van der Waals surface area (Å²) in [5, 5.41) is 2.67. The minimum Gasteiger partial charge on any atom is -0.351 e. The van der Waals surface area contributed by atoms with Crippen LogP contribution in [0.5, 0.6) is 0 Å². The summed E-state index contributed by atoms with van der Waals surface area (Å²) in [4.78, 5) is 11.8. The van der Waals surface area contributed by atoms with Crippen LogP contribution in [0.4, 0.5) is 0 Å². The maximum absolute atomic E-state index is 12.9. The van der Waals surface area contributed by atoms with Gasteiger partial charge in [-0.1, -0.05) is 30.3 Å². The lowest BCUT2D eigenvalue weighted by molar-refractivity contribution is -0.119. The number of amides is 1. The highest BCUT2D eigenvalue weighted by Crippen LogP contribution is 2.32. The van der Waals surface area contributed by atoms with E-state index in [1.165, 1.54) is 22.6 Å². The fraction of sp³-hybridized carbons (Fsp3) is 0.353. The molecular weight excluding hydrogens is 394 g/mol. The second-order valence-electron chi connectivity index (χ2n) is 6.13. The predicted octanol–water partition coefficient (Wildman–Crippen LogP) is 1.92. The van der Waals surface area contributed by atoms with Gasteiger partial charge in [-0.15, -0.1) is 23.7 Å². The van der Waals surface area contributed by atoms with E-state index in [-0.39, 0.29) is 34.5 Å². The van der Waals surface area contributed by atoms with E-state index in [1.54, 1.807) is 12.1 Å². The van der Waals surface area contributed by atoms with Crippen LogP contribution in [0.3, 0.4) is 0 Å². The number of benzene rings is 1. The Kier molecular flexibility index (Phi) is 6.81. The van der Waals surface area contributed by atoms with Crippen molar-refractivity contribution in [2.75, 3.05) is 13.1 Å². The lowest BCUT2D eigenvalue weighted by Gasteiger charge is -2.15. The summed E-state index contributed by atoms with van der Waals surface area (Å²) in [6.45, 7) is 2.45. The molecule has 0 saturated carbocycles. The standard InChI is InChI=1S/C17H21N3O3S2.ClH/c1-12(21)19-9-14-7-8-17(24-14)25(22,23)20-10-15(16(18)11-20)13-5-3-2-4-6-13;/h2-8,15-16H,9-11,18H2,1H3,(H,19,21);1H/t15-,16+;/m0./s1. The minimum absolute atomic E-state index is 0. The van der Waals surface area contributed by atoms with Crippen molar-refractivity contribution in [3.8, 4) is 0 Å². The largest absolute Gasteiger partial charge is 0.351 e. The quantitative estimate of drug-likeness (QED) is 0.780. The molecular formula is C17H22ClN3O3S2. The molecule has 1 amide bonds. The fourth-order valence-corrected chi connectivity index (χ4v) is 5.92. The third-order valence-electron chi connectivity index (χ3n) is 4.30. The number of nitrogens with two attached hydrogens (primary N) is 1. The molecule has 1 aromatic carbocycles. The summed E-state index contributed by atoms with van der Waals surface area (Å²) >= 11 is 1.18. The molecule has 3 N–H and O–H groups in total. The smallest absolute Gasteiger partial charge is 0.252 e. The summed E-state index contributed by atoms with van der Waals surface area (Å²) in [5.41, 5.74) is 7.27. The van der Waals surface area contributed by atoms with Crippen molar-refractivity contribution in [3.63, 3.8) is 0 Å². The number of carbonyl (C=O) groups excluding carboxylic acids is 1. The van der Waals surface area contributed by atoms with Gasteiger partial charge >= 0.3 is 0 Å². The van der Waals surface area contributed by atoms with Crippen LogP contribution in [0.25, 0.3) is 0 Å². The summed E-state index contributed by atoms with van der Waals surface area (Å²) in [6.07, 6.45) is 0. The van der Waals surface area contributed by atoms with Crippen LogP contribution in [0, 0.1) is 0 Å². The van der Waals surface area contributed by atoms with Gasteiger partial charge in [0.15, 0.2) is 0 Å². The molecule has 1 aromatic heterocycles. The van der Waals surface area contributed by atoms with Crippen molar-refractivity contribution in [1.82, 2.24) is 9.62 Å². The van der Waals surface area contributed by atoms with Crippen molar-refractivity contribution in [2.45, 2.75) is 29.6 Å². The molecule has 1 aliphatic rings. The molecule has 2 atom stereocenters.